The second-order valence-electron chi connectivity index (χ2n) is 11.7. The van der Waals surface area contributed by atoms with E-state index in [1.807, 2.05) is 0 Å². The molecule has 48 heavy (non-hydrogen) atoms. The lowest BCUT2D eigenvalue weighted by Crippen LogP contribution is -2.02. The molecular formula is C43H27Br5. The van der Waals surface area contributed by atoms with Gasteiger partial charge < -0.3 is 0 Å². The maximum absolute atomic E-state index is 3.71. The van der Waals surface area contributed by atoms with Gasteiger partial charge in [0.1, 0.15) is 0 Å². The Hall–Kier alpha value is -3.06. The van der Waals surface area contributed by atoms with Gasteiger partial charge >= 0.3 is 0 Å². The molecule has 0 aliphatic heterocycles. The smallest absolute Gasteiger partial charge is 0.0175 e. The zero-order valence-corrected chi connectivity index (χ0v) is 33.7. The minimum atomic E-state index is 1.04. The van der Waals surface area contributed by atoms with E-state index in [0.29, 0.717) is 0 Å². The van der Waals surface area contributed by atoms with Crippen LogP contribution in [0.4, 0.5) is 0 Å². The van der Waals surface area contributed by atoms with E-state index in [2.05, 4.69) is 232 Å². The summed E-state index contributed by atoms with van der Waals surface area (Å²) in [5.41, 5.74) is 15.2. The predicted octanol–water partition coefficient (Wildman–Crippen LogP) is 15.8. The van der Waals surface area contributed by atoms with Crippen molar-refractivity contribution in [2.75, 3.05) is 0 Å². The molecule has 0 unspecified atom stereocenters. The standard InChI is InChI=1S/C43H27Br5/c1-26-2-4-27(5-3-26)38-39(28-6-16-33(44)17-7-28)41(30-10-20-35(46)21-11-30)43(32-14-24-37(48)25-15-32)42(31-12-22-36(47)23-13-31)40(38)29-8-18-34(45)19-9-29/h2-25H,1H3. The Morgan fingerprint density at radius 3 is 0.542 bits per heavy atom. The van der Waals surface area contributed by atoms with Crippen LogP contribution in [-0.2, 0) is 0 Å². The van der Waals surface area contributed by atoms with Crippen molar-refractivity contribution in [1.82, 2.24) is 0 Å². The molecule has 0 atom stereocenters. The summed E-state index contributed by atoms with van der Waals surface area (Å²) in [4.78, 5) is 0. The van der Waals surface area contributed by atoms with Gasteiger partial charge in [-0.15, -0.1) is 0 Å². The molecule has 0 bridgehead atoms. The van der Waals surface area contributed by atoms with Crippen molar-refractivity contribution in [1.29, 1.82) is 0 Å². The fraction of sp³-hybridized carbons (Fsp3) is 0.0233. The van der Waals surface area contributed by atoms with Crippen molar-refractivity contribution in [2.24, 2.45) is 0 Å². The van der Waals surface area contributed by atoms with Crippen molar-refractivity contribution in [3.8, 4) is 66.8 Å². The van der Waals surface area contributed by atoms with E-state index >= 15 is 0 Å². The van der Waals surface area contributed by atoms with E-state index in [1.54, 1.807) is 0 Å². The summed E-state index contributed by atoms with van der Waals surface area (Å²) in [5.74, 6) is 0. The monoisotopic (exact) mass is 938 g/mol. The minimum Gasteiger partial charge on any atom is -0.0587 e. The molecule has 7 aromatic carbocycles. The molecule has 0 spiro atoms. The van der Waals surface area contributed by atoms with E-state index in [-0.39, 0.29) is 0 Å². The van der Waals surface area contributed by atoms with Crippen LogP contribution in [0, 0.1) is 6.92 Å². The summed E-state index contributed by atoms with van der Waals surface area (Å²) in [6.07, 6.45) is 0. The van der Waals surface area contributed by atoms with E-state index < -0.39 is 0 Å². The Kier molecular flexibility index (Phi) is 10.0. The molecule has 0 amide bonds. The maximum Gasteiger partial charge on any atom is 0.0175 e. The van der Waals surface area contributed by atoms with Crippen molar-refractivity contribution in [3.63, 3.8) is 0 Å². The first-order valence-electron chi connectivity index (χ1n) is 15.4. The van der Waals surface area contributed by atoms with E-state index in [9.17, 15) is 0 Å². The molecule has 7 rings (SSSR count). The molecule has 0 saturated heterocycles. The molecule has 0 saturated carbocycles. The minimum absolute atomic E-state index is 1.04. The molecule has 234 valence electrons. The van der Waals surface area contributed by atoms with E-state index in [4.69, 9.17) is 0 Å². The van der Waals surface area contributed by atoms with Crippen molar-refractivity contribution >= 4 is 79.6 Å². The highest BCUT2D eigenvalue weighted by molar-refractivity contribution is 9.11. The van der Waals surface area contributed by atoms with Crippen LogP contribution in [0.2, 0.25) is 0 Å². The zero-order valence-electron chi connectivity index (χ0n) is 25.7. The Morgan fingerprint density at radius 2 is 0.375 bits per heavy atom. The van der Waals surface area contributed by atoms with Gasteiger partial charge in [0.25, 0.3) is 0 Å². The van der Waals surface area contributed by atoms with Crippen LogP contribution in [0.1, 0.15) is 5.56 Å². The highest BCUT2D eigenvalue weighted by Crippen LogP contribution is 2.56. The number of benzene rings is 7. The first-order valence-corrected chi connectivity index (χ1v) is 19.3. The summed E-state index contributed by atoms with van der Waals surface area (Å²) in [5, 5.41) is 0. The molecule has 5 heteroatoms. The molecule has 0 nitrogen and oxygen atoms in total. The molecule has 0 N–H and O–H groups in total. The van der Waals surface area contributed by atoms with Gasteiger partial charge in [0.15, 0.2) is 0 Å². The van der Waals surface area contributed by atoms with Crippen LogP contribution < -0.4 is 0 Å². The Bertz CT molecular complexity index is 1770. The summed E-state index contributed by atoms with van der Waals surface area (Å²) in [7, 11) is 0. The molecule has 0 aliphatic carbocycles. The van der Waals surface area contributed by atoms with Crippen molar-refractivity contribution < 1.29 is 0 Å². The van der Waals surface area contributed by atoms with Gasteiger partial charge in [-0.1, -0.05) is 170 Å². The summed E-state index contributed by atoms with van der Waals surface area (Å²) in [6.45, 7) is 2.15. The molecule has 0 aliphatic rings. The molecular weight excluding hydrogens is 916 g/mol. The summed E-state index contributed by atoms with van der Waals surface area (Å²) in [6, 6.07) is 52.7. The van der Waals surface area contributed by atoms with E-state index in [1.165, 1.54) is 38.9 Å². The van der Waals surface area contributed by atoms with E-state index in [0.717, 1.165) is 55.7 Å². The molecule has 7 aromatic rings. The van der Waals surface area contributed by atoms with Crippen LogP contribution in [0.15, 0.2) is 168 Å². The van der Waals surface area contributed by atoms with Crippen LogP contribution in [0.5, 0.6) is 0 Å². The number of hydrogen-bond donors (Lipinski definition) is 0. The van der Waals surface area contributed by atoms with Crippen LogP contribution >= 0.6 is 79.6 Å². The van der Waals surface area contributed by atoms with Crippen molar-refractivity contribution in [3.05, 3.63) is 174 Å². The first-order chi connectivity index (χ1) is 23.3. The second-order valence-corrected chi connectivity index (χ2v) is 16.2. The van der Waals surface area contributed by atoms with Crippen LogP contribution in [0.25, 0.3) is 66.8 Å². The second kappa shape index (κ2) is 14.4. The highest BCUT2D eigenvalue weighted by Gasteiger charge is 2.29. The summed E-state index contributed by atoms with van der Waals surface area (Å²) >= 11 is 18.5. The number of rotatable bonds is 6. The fourth-order valence-corrected chi connectivity index (χ4v) is 7.61. The lowest BCUT2D eigenvalue weighted by Gasteiger charge is -2.29. The van der Waals surface area contributed by atoms with Gasteiger partial charge in [0.2, 0.25) is 0 Å². The van der Waals surface area contributed by atoms with Crippen LogP contribution in [-0.4, -0.2) is 0 Å². The quantitative estimate of drug-likeness (QED) is 0.156. The maximum atomic E-state index is 3.71. The third kappa shape index (κ3) is 6.86. The Morgan fingerprint density at radius 1 is 0.229 bits per heavy atom. The number of hydrogen-bond acceptors (Lipinski definition) is 0. The number of halogens is 5. The normalized spacial score (nSPS) is 11.1. The average molecular weight is 943 g/mol. The average Bonchev–Trinajstić information content (AvgIpc) is 3.10. The van der Waals surface area contributed by atoms with Gasteiger partial charge in [0, 0.05) is 22.4 Å². The largest absolute Gasteiger partial charge is 0.0587 e. The lowest BCUT2D eigenvalue weighted by molar-refractivity contribution is 1.46. The van der Waals surface area contributed by atoms with Crippen LogP contribution in [0.3, 0.4) is 0 Å². The summed E-state index contributed by atoms with van der Waals surface area (Å²) < 4.78 is 5.21. The first kappa shape index (κ1) is 33.4. The Labute approximate surface area is 323 Å². The van der Waals surface area contributed by atoms with Gasteiger partial charge in [-0.2, -0.15) is 0 Å². The van der Waals surface area contributed by atoms with Gasteiger partial charge in [-0.05, 0) is 134 Å². The third-order valence-electron chi connectivity index (χ3n) is 8.50. The van der Waals surface area contributed by atoms with Gasteiger partial charge in [0.05, 0.1) is 0 Å². The topological polar surface area (TPSA) is 0 Å². The predicted molar refractivity (Wildman–Crippen MR) is 222 cm³/mol. The lowest BCUT2D eigenvalue weighted by atomic mass is 9.74. The molecule has 0 heterocycles. The molecule has 0 fully saturated rings. The molecule has 0 aromatic heterocycles. The highest BCUT2D eigenvalue weighted by atomic mass is 79.9. The molecule has 0 radical (unpaired) electrons. The van der Waals surface area contributed by atoms with Crippen molar-refractivity contribution in [2.45, 2.75) is 6.92 Å². The SMILES string of the molecule is Cc1ccc(-c2c(-c3ccc(Br)cc3)c(-c3ccc(Br)cc3)c(-c3ccc(Br)cc3)c(-c3ccc(Br)cc3)c2-c2ccc(Br)cc2)cc1. The van der Waals surface area contributed by atoms with Gasteiger partial charge in [-0.25, -0.2) is 0 Å². The number of aryl methyl sites for hydroxylation is 1. The van der Waals surface area contributed by atoms with Gasteiger partial charge in [-0.3, -0.25) is 0 Å². The third-order valence-corrected chi connectivity index (χ3v) is 11.1. The fourth-order valence-electron chi connectivity index (χ4n) is 6.29. The Balaban J connectivity index is 1.81. The zero-order chi connectivity index (χ0) is 33.4.